The van der Waals surface area contributed by atoms with Gasteiger partial charge in [0.15, 0.2) is 5.43 Å². The highest BCUT2D eigenvalue weighted by molar-refractivity contribution is 6.34. The number of benzene rings is 1. The first kappa shape index (κ1) is 20.9. The molecule has 0 radical (unpaired) electrons. The fourth-order valence-corrected chi connectivity index (χ4v) is 2.38. The second kappa shape index (κ2) is 9.53. The van der Waals surface area contributed by atoms with E-state index < -0.39 is 23.9 Å². The first-order valence-electron chi connectivity index (χ1n) is 8.05. The molecule has 0 bridgehead atoms. The number of hydrogen-bond donors (Lipinski definition) is 6. The van der Waals surface area contributed by atoms with Crippen LogP contribution in [0, 0.1) is 0 Å². The highest BCUT2D eigenvalue weighted by Crippen LogP contribution is 2.20. The highest BCUT2D eigenvalue weighted by atomic mass is 35.5. The third-order valence-corrected chi connectivity index (χ3v) is 3.82. The number of pyridine rings is 1. The predicted octanol–water partition coefficient (Wildman–Crippen LogP) is 0.0396. The Morgan fingerprint density at radius 1 is 1.11 bits per heavy atom. The third kappa shape index (κ3) is 6.11. The molecule has 0 unspecified atom stereocenters. The van der Waals surface area contributed by atoms with E-state index in [9.17, 15) is 24.3 Å². The lowest BCUT2D eigenvalue weighted by molar-refractivity contribution is 0.0882. The van der Waals surface area contributed by atoms with Crippen LogP contribution >= 0.6 is 11.6 Å². The molecule has 1 aromatic carbocycles. The maximum Gasteiger partial charge on any atom is 0.316 e. The molecule has 0 saturated carbocycles. The smallest absolute Gasteiger partial charge is 0.316 e. The van der Waals surface area contributed by atoms with Gasteiger partial charge in [-0.25, -0.2) is 4.79 Å². The molecule has 0 spiro atoms. The van der Waals surface area contributed by atoms with E-state index in [-0.39, 0.29) is 40.5 Å². The number of amides is 4. The van der Waals surface area contributed by atoms with Gasteiger partial charge in [-0.2, -0.15) is 0 Å². The SMILES string of the molecule is NC(=O)Nc1ccc(Cl)c(C(=O)NC[C@@H](O)CNC(=O)c2cc(=O)cc[nH]2)c1. The van der Waals surface area contributed by atoms with E-state index in [1.165, 1.54) is 30.5 Å². The number of nitrogens with two attached hydrogens (primary N) is 1. The van der Waals surface area contributed by atoms with Gasteiger partial charge < -0.3 is 31.8 Å². The van der Waals surface area contributed by atoms with Gasteiger partial charge in [0.25, 0.3) is 11.8 Å². The molecule has 10 nitrogen and oxygen atoms in total. The number of carbonyl (C=O) groups excluding carboxylic acids is 3. The Bertz CT molecular complexity index is 946. The molecule has 0 aliphatic carbocycles. The number of aromatic nitrogens is 1. The fraction of sp³-hybridized carbons (Fsp3) is 0.176. The number of rotatable bonds is 7. The molecular formula is C17H18ClN5O5. The van der Waals surface area contributed by atoms with Crippen molar-refractivity contribution in [3.8, 4) is 0 Å². The van der Waals surface area contributed by atoms with Crippen LogP contribution in [-0.2, 0) is 0 Å². The largest absolute Gasteiger partial charge is 0.389 e. The van der Waals surface area contributed by atoms with Crippen molar-refractivity contribution >= 4 is 35.1 Å². The van der Waals surface area contributed by atoms with E-state index in [1.54, 1.807) is 0 Å². The Balaban J connectivity index is 1.87. The van der Waals surface area contributed by atoms with Gasteiger partial charge in [-0.15, -0.1) is 0 Å². The first-order valence-corrected chi connectivity index (χ1v) is 8.43. The van der Waals surface area contributed by atoms with E-state index in [2.05, 4.69) is 20.9 Å². The number of halogens is 1. The molecule has 0 fully saturated rings. The second-order valence-electron chi connectivity index (χ2n) is 5.70. The minimum atomic E-state index is -1.09. The molecule has 0 aliphatic rings. The molecule has 7 N–H and O–H groups in total. The second-order valence-corrected chi connectivity index (χ2v) is 6.10. The summed E-state index contributed by atoms with van der Waals surface area (Å²) in [4.78, 5) is 48.8. The van der Waals surface area contributed by atoms with Crippen LogP contribution in [0.3, 0.4) is 0 Å². The minimum Gasteiger partial charge on any atom is -0.389 e. The zero-order valence-electron chi connectivity index (χ0n) is 14.5. The van der Waals surface area contributed by atoms with E-state index in [4.69, 9.17) is 17.3 Å². The van der Waals surface area contributed by atoms with Crippen molar-refractivity contribution in [2.75, 3.05) is 18.4 Å². The van der Waals surface area contributed by atoms with Gasteiger partial charge in [0, 0.05) is 37.1 Å². The number of aliphatic hydroxyl groups excluding tert-OH is 1. The van der Waals surface area contributed by atoms with Crippen molar-refractivity contribution in [2.24, 2.45) is 5.73 Å². The van der Waals surface area contributed by atoms with E-state index in [0.717, 1.165) is 6.07 Å². The van der Waals surface area contributed by atoms with Gasteiger partial charge in [0.2, 0.25) is 0 Å². The molecular weight excluding hydrogens is 390 g/mol. The summed E-state index contributed by atoms with van der Waals surface area (Å²) >= 11 is 5.97. The number of hydrogen-bond acceptors (Lipinski definition) is 5. The number of carbonyl (C=O) groups is 3. The number of nitrogens with one attached hydrogen (secondary N) is 4. The number of urea groups is 1. The first-order chi connectivity index (χ1) is 13.3. The van der Waals surface area contributed by atoms with Crippen LogP contribution in [-0.4, -0.2) is 47.1 Å². The lowest BCUT2D eigenvalue weighted by atomic mass is 10.2. The molecule has 1 aromatic heterocycles. The van der Waals surface area contributed by atoms with Gasteiger partial charge in [-0.3, -0.25) is 14.4 Å². The highest BCUT2D eigenvalue weighted by Gasteiger charge is 2.15. The van der Waals surface area contributed by atoms with Crippen LogP contribution < -0.4 is 27.1 Å². The van der Waals surface area contributed by atoms with Crippen LogP contribution in [0.15, 0.2) is 41.3 Å². The van der Waals surface area contributed by atoms with Gasteiger partial charge in [-0.1, -0.05) is 11.6 Å². The van der Waals surface area contributed by atoms with Crippen molar-refractivity contribution < 1.29 is 19.5 Å². The predicted molar refractivity (Wildman–Crippen MR) is 102 cm³/mol. The zero-order valence-corrected chi connectivity index (χ0v) is 15.2. The molecule has 148 valence electrons. The zero-order chi connectivity index (χ0) is 20.7. The molecule has 11 heteroatoms. The summed E-state index contributed by atoms with van der Waals surface area (Å²) in [6.07, 6.45) is 0.243. The fourth-order valence-electron chi connectivity index (χ4n) is 2.18. The van der Waals surface area contributed by atoms with Crippen LogP contribution in [0.2, 0.25) is 5.02 Å². The molecule has 0 saturated heterocycles. The number of anilines is 1. The standard InChI is InChI=1S/C17H18ClN5O5/c18-13-2-1-9(23-17(19)28)5-12(13)15(26)21-7-11(25)8-22-16(27)14-6-10(24)3-4-20-14/h1-6,11,25H,7-8H2,(H,20,24)(H,21,26)(H,22,27)(H3,19,23,28)/t11-/m1/s1. The summed E-state index contributed by atoms with van der Waals surface area (Å²) in [6.45, 7) is -0.332. The summed E-state index contributed by atoms with van der Waals surface area (Å²) in [5.41, 5.74) is 5.10. The number of aliphatic hydroxyl groups is 1. The molecule has 0 aliphatic heterocycles. The van der Waals surface area contributed by atoms with Crippen molar-refractivity contribution in [3.63, 3.8) is 0 Å². The number of aromatic amines is 1. The lowest BCUT2D eigenvalue weighted by Crippen LogP contribution is -2.40. The Morgan fingerprint density at radius 2 is 1.79 bits per heavy atom. The number of primary amides is 1. The Morgan fingerprint density at radius 3 is 2.43 bits per heavy atom. The van der Waals surface area contributed by atoms with E-state index in [0.29, 0.717) is 0 Å². The molecule has 2 aromatic rings. The maximum absolute atomic E-state index is 12.2. The Labute approximate surface area is 164 Å². The van der Waals surface area contributed by atoms with Crippen molar-refractivity contribution in [1.82, 2.24) is 15.6 Å². The summed E-state index contributed by atoms with van der Waals surface area (Å²) < 4.78 is 0. The van der Waals surface area contributed by atoms with Crippen LogP contribution in [0.4, 0.5) is 10.5 Å². The van der Waals surface area contributed by atoms with Crippen LogP contribution in [0.25, 0.3) is 0 Å². The Hall–Kier alpha value is -3.37. The Kier molecular flexibility index (Phi) is 7.13. The summed E-state index contributed by atoms with van der Waals surface area (Å²) in [6, 6.07) is 5.82. The summed E-state index contributed by atoms with van der Waals surface area (Å²) in [5.74, 6) is -1.16. The lowest BCUT2D eigenvalue weighted by Gasteiger charge is -2.14. The van der Waals surface area contributed by atoms with Gasteiger partial charge >= 0.3 is 6.03 Å². The molecule has 2 rings (SSSR count). The average molecular weight is 408 g/mol. The average Bonchev–Trinajstić information content (AvgIpc) is 2.65. The van der Waals surface area contributed by atoms with Crippen molar-refractivity contribution in [2.45, 2.75) is 6.10 Å². The van der Waals surface area contributed by atoms with Crippen molar-refractivity contribution in [1.29, 1.82) is 0 Å². The molecule has 1 heterocycles. The van der Waals surface area contributed by atoms with E-state index in [1.807, 2.05) is 0 Å². The van der Waals surface area contributed by atoms with Gasteiger partial charge in [0.1, 0.15) is 5.69 Å². The maximum atomic E-state index is 12.2. The van der Waals surface area contributed by atoms with Gasteiger partial charge in [-0.05, 0) is 18.2 Å². The molecule has 4 amide bonds. The summed E-state index contributed by atoms with van der Waals surface area (Å²) in [5, 5.41) is 17.3. The summed E-state index contributed by atoms with van der Waals surface area (Å²) in [7, 11) is 0. The van der Waals surface area contributed by atoms with Gasteiger partial charge in [0.05, 0.1) is 16.7 Å². The van der Waals surface area contributed by atoms with Crippen LogP contribution in [0.1, 0.15) is 20.8 Å². The topological polar surface area (TPSA) is 166 Å². The monoisotopic (exact) mass is 407 g/mol. The minimum absolute atomic E-state index is 0.0503. The van der Waals surface area contributed by atoms with Crippen molar-refractivity contribution in [3.05, 3.63) is 63.0 Å². The van der Waals surface area contributed by atoms with E-state index >= 15 is 0 Å². The normalized spacial score (nSPS) is 11.4. The third-order valence-electron chi connectivity index (χ3n) is 3.49. The van der Waals surface area contributed by atoms with Crippen LogP contribution in [0.5, 0.6) is 0 Å². The molecule has 1 atom stereocenters. The number of H-pyrrole nitrogens is 1. The quantitative estimate of drug-likeness (QED) is 0.380. The molecule has 28 heavy (non-hydrogen) atoms.